The number of hydrogen-bond acceptors (Lipinski definition) is 20. The van der Waals surface area contributed by atoms with Crippen molar-refractivity contribution in [3.05, 3.63) is 349 Å². The molecule has 0 atom stereocenters. The van der Waals surface area contributed by atoms with Crippen LogP contribution in [0.4, 0.5) is 49.6 Å². The minimum Gasteiger partial charge on any atom is -0.514 e. The molecule has 50 heteroatoms. The summed E-state index contributed by atoms with van der Waals surface area (Å²) in [5, 5.41) is 38.3. The Morgan fingerprint density at radius 2 is 0.650 bits per heavy atom. The van der Waals surface area contributed by atoms with Crippen LogP contribution in [0.15, 0.2) is 180 Å². The Kier molecular flexibility index (Phi) is 44.0. The van der Waals surface area contributed by atoms with Gasteiger partial charge in [0.25, 0.3) is 0 Å². The van der Waals surface area contributed by atoms with E-state index in [2.05, 4.69) is 115 Å². The van der Waals surface area contributed by atoms with Crippen molar-refractivity contribution >= 4 is 56.4 Å². The van der Waals surface area contributed by atoms with E-state index in [0.29, 0.717) is 82.1 Å². The number of nitrogens with zero attached hydrogens (tertiary/aromatic N) is 21. The maximum Gasteiger partial charge on any atom is 0.373 e. The van der Waals surface area contributed by atoms with Gasteiger partial charge in [0, 0.05) is 265 Å². The molecule has 15 aromatic rings. The zero-order valence-electron chi connectivity index (χ0n) is 73.6. The minimum absolute atomic E-state index is 0. The molecule has 31 nitrogen and oxygen atoms in total. The smallest absolute Gasteiger partial charge is 0.373 e. The molecular weight excluding hydrogens is 2320 g/mol. The third-order valence-electron chi connectivity index (χ3n) is 18.7. The number of aryl methyl sites for hydroxylation is 10. The molecule has 5 heterocycles. The molecule has 0 spiro atoms. The predicted molar refractivity (Wildman–Crippen MR) is 461 cm³/mol. The van der Waals surface area contributed by atoms with Crippen molar-refractivity contribution in [2.75, 3.05) is 0 Å². The average molecular weight is 2390 g/mol. The Bertz CT molecular complexity index is 6830. The molecule has 0 saturated heterocycles. The Morgan fingerprint density at radius 3 is 1.00 bits per heavy atom. The van der Waals surface area contributed by atoms with Gasteiger partial charge in [-0.2, -0.15) is 198 Å². The summed E-state index contributed by atoms with van der Waals surface area (Å²) in [6.07, 6.45) is -13.8. The summed E-state index contributed by atoms with van der Waals surface area (Å²) in [5.74, 6) is 5.06. The average Bonchev–Trinajstić information content (AvgIpc) is 1.78. The summed E-state index contributed by atoms with van der Waals surface area (Å²) in [7, 11) is 7.27. The number of aromatic nitrogens is 20. The van der Waals surface area contributed by atoms with Crippen molar-refractivity contribution in [3.8, 4) is 69.0 Å². The molecule has 5 radical (unpaired) electrons. The van der Waals surface area contributed by atoms with Crippen LogP contribution in [-0.4, -0.2) is 99.0 Å². The first-order chi connectivity index (χ1) is 62.6. The molecule has 0 bridgehead atoms. The molecule has 0 saturated carbocycles. The van der Waals surface area contributed by atoms with E-state index in [0.717, 1.165) is 94.7 Å². The van der Waals surface area contributed by atoms with Crippen LogP contribution in [0.5, 0.6) is 28.7 Å². The SMILES string of the molecule is CC#Cc1cccc(-n2nnn(C)c2=O)c1COc1cc(C)[c-]cc1Cl.Cc1[c-]cc(C(F)(F)F)c(OCc2c(Br)cccc2-n2nnn(C)c2=O)c1.Cc1[c-]cc(C(F)(F)F)c(OCc2c(Cl)cccc2-n2nnn(C)c2=O)c1.Cc1[c-]cc(C(F)(F)F)c(OCc2c(F)cccc2-n2nnn(C)c2=O)c1.[C-]#[N+]c1cccc(-n2nnn(C)c2=O)c1COc1cc(C)[c-]cc1Cl.[Y].[Y].[Y].[Y].[Y]. The van der Waals surface area contributed by atoms with E-state index >= 15 is 0 Å². The van der Waals surface area contributed by atoms with Crippen molar-refractivity contribution in [1.29, 1.82) is 0 Å². The van der Waals surface area contributed by atoms with E-state index in [1.807, 2.05) is 32.0 Å². The Hall–Kier alpha value is -9.23. The third-order valence-corrected chi connectivity index (χ3v) is 20.3. The van der Waals surface area contributed by atoms with Crippen LogP contribution >= 0.6 is 50.7 Å². The van der Waals surface area contributed by atoms with Crippen LogP contribution in [0, 0.1) is 89.2 Å². The van der Waals surface area contributed by atoms with Crippen molar-refractivity contribution in [2.45, 2.75) is 93.1 Å². The fourth-order valence-corrected chi connectivity index (χ4v) is 13.0. The minimum atomic E-state index is -4.65. The van der Waals surface area contributed by atoms with Gasteiger partial charge in [-0.05, 0) is 140 Å². The van der Waals surface area contributed by atoms with Gasteiger partial charge in [-0.25, -0.2) is 33.2 Å². The molecule has 0 aliphatic heterocycles. The van der Waals surface area contributed by atoms with E-state index in [9.17, 15) is 67.9 Å². The second-order valence-corrected chi connectivity index (χ2v) is 30.1. The summed E-state index contributed by atoms with van der Waals surface area (Å²) < 4.78 is 172. The number of halogens is 14. The molecule has 15 rings (SSSR count). The molecule has 699 valence electrons. The van der Waals surface area contributed by atoms with Gasteiger partial charge in [0.1, 0.15) is 38.9 Å². The monoisotopic (exact) mass is 2380 g/mol. The molecule has 10 aromatic carbocycles. The van der Waals surface area contributed by atoms with Crippen molar-refractivity contribution in [2.24, 2.45) is 35.2 Å². The summed E-state index contributed by atoms with van der Waals surface area (Å²) in [4.78, 5) is 64.2. The fraction of sp³-hybridized carbons (Fsp3) is 0.218. The standard InChI is InChI=1S/C19H16ClN4O2.C17H13BrF3N4O2.C17H13ClF3N4O2.C17H13ClN5O2.C17H13F4N4O2.5Y/c1-4-6-14-7-5-8-17(24-19(25)23(3)21-22-24)15(14)12-26-18-11-13(2)9-10-16(18)20;2*1-10-6-7-12(17(19,20)21)15(8-10)27-9-11-13(18)4-3-5-14(11)25-16(26)24(2)22-23-25;1-11-7-8-13(18)16(9-11)25-10-12-14(19-2)5-4-6-15(12)23-17(24)22(3)20-21-23;1-10-6-7-12(17(19,20)21)15(8-10)27-9-11-13(18)4-3-5-14(11)25-16(26)24(2)22-23-25;;;;;/h5,7-8,10-11H,12H2,1-3H3;2*3-5,7-8H,9H2,1-2H3;4-6,8-9H,10H2,1,3H3;3-5,7-8H,9H2,1-2H3;;;;;/q5*-1;;;;;. The number of rotatable bonds is 20. The zero-order valence-corrected chi connectivity index (χ0v) is 91.7. The van der Waals surface area contributed by atoms with E-state index in [1.54, 1.807) is 114 Å². The summed E-state index contributed by atoms with van der Waals surface area (Å²) in [6, 6.07) is 50.5. The number of hydrogen-bond donors (Lipinski definition) is 0. The van der Waals surface area contributed by atoms with E-state index in [-0.39, 0.29) is 229 Å². The van der Waals surface area contributed by atoms with Crippen molar-refractivity contribution in [3.63, 3.8) is 0 Å². The number of tetrazole rings is 5. The summed E-state index contributed by atoms with van der Waals surface area (Å²) in [5.41, 5.74) is 2.59. The third kappa shape index (κ3) is 29.5. The number of ether oxygens (including phenoxy) is 5. The summed E-state index contributed by atoms with van der Waals surface area (Å²) in [6.45, 7) is 16.9. The Labute approximate surface area is 922 Å². The fourth-order valence-electron chi connectivity index (χ4n) is 12.0. The maximum atomic E-state index is 14.3. The molecule has 0 unspecified atom stereocenters. The van der Waals surface area contributed by atoms with E-state index in [4.69, 9.17) is 65.1 Å². The zero-order chi connectivity index (χ0) is 96.0. The molecule has 0 aliphatic carbocycles. The molecule has 5 aromatic heterocycles. The molecule has 137 heavy (non-hydrogen) atoms. The van der Waals surface area contributed by atoms with Crippen LogP contribution in [-0.2, 0) is 250 Å². The molecule has 0 N–H and O–H groups in total. The quantitative estimate of drug-likeness (QED) is 0.0389. The van der Waals surface area contributed by atoms with Crippen LogP contribution in [0.1, 0.15) is 84.8 Å². The largest absolute Gasteiger partial charge is 0.514 e. The van der Waals surface area contributed by atoms with Crippen LogP contribution in [0.2, 0.25) is 15.1 Å². The van der Waals surface area contributed by atoms with Gasteiger partial charge in [0.2, 0.25) is 0 Å². The van der Waals surface area contributed by atoms with E-state index < -0.39 is 76.2 Å². The van der Waals surface area contributed by atoms with Gasteiger partial charge < -0.3 is 23.7 Å². The first kappa shape index (κ1) is 116. The molecule has 0 aliphatic rings. The molecular formula is C87H68BrCl3F10N21O10Y5-5. The van der Waals surface area contributed by atoms with E-state index in [1.165, 1.54) is 57.1 Å². The molecule has 0 amide bonds. The normalized spacial score (nSPS) is 10.7. The predicted octanol–water partition coefficient (Wildman–Crippen LogP) is 15.1. The van der Waals surface area contributed by atoms with Crippen LogP contribution < -0.4 is 52.1 Å². The maximum absolute atomic E-state index is 14.3. The van der Waals surface area contributed by atoms with Gasteiger partial charge >= 0.3 is 47.0 Å². The number of benzene rings is 10. The van der Waals surface area contributed by atoms with Gasteiger partial charge in [0.15, 0.2) is 5.69 Å². The summed E-state index contributed by atoms with van der Waals surface area (Å²) >= 11 is 21.8. The van der Waals surface area contributed by atoms with Crippen molar-refractivity contribution in [1.82, 2.24) is 99.0 Å². The Morgan fingerprint density at radius 1 is 0.372 bits per heavy atom. The van der Waals surface area contributed by atoms with Crippen LogP contribution in [0.25, 0.3) is 33.3 Å². The van der Waals surface area contributed by atoms with Crippen molar-refractivity contribution < 1.29 is 231 Å². The Balaban J connectivity index is 0.000000261. The second kappa shape index (κ2) is 51.8. The van der Waals surface area contributed by atoms with Gasteiger partial charge in [-0.15, -0.1) is 36.3 Å². The first-order valence-electron chi connectivity index (χ1n) is 38.2. The van der Waals surface area contributed by atoms with Gasteiger partial charge in [-0.3, -0.25) is 0 Å². The second-order valence-electron chi connectivity index (χ2n) is 28.0. The van der Waals surface area contributed by atoms with Gasteiger partial charge in [0.05, 0.1) is 40.6 Å². The topological polar surface area (TPSA) is 314 Å². The van der Waals surface area contributed by atoms with Crippen LogP contribution in [0.3, 0.4) is 0 Å². The first-order valence-corrected chi connectivity index (χ1v) is 40.1. The number of alkyl halides is 9. The van der Waals surface area contributed by atoms with Gasteiger partial charge in [-0.1, -0.05) is 104 Å². The molecule has 0 fully saturated rings.